The quantitative estimate of drug-likeness (QED) is 0.496. The van der Waals surface area contributed by atoms with E-state index in [1.165, 1.54) is 16.4 Å². The van der Waals surface area contributed by atoms with E-state index in [1.807, 2.05) is 0 Å². The van der Waals surface area contributed by atoms with E-state index < -0.39 is 0 Å². The lowest BCUT2D eigenvalue weighted by atomic mass is 9.95. The number of hydrogen-bond donors (Lipinski definition) is 0. The van der Waals surface area contributed by atoms with Gasteiger partial charge in [-0.2, -0.15) is 0 Å². The summed E-state index contributed by atoms with van der Waals surface area (Å²) in [6.07, 6.45) is 4.73. The molecule has 1 rings (SSSR count). The lowest BCUT2D eigenvalue weighted by Gasteiger charge is -2.12. The summed E-state index contributed by atoms with van der Waals surface area (Å²) in [5, 5.41) is 0. The fourth-order valence-corrected chi connectivity index (χ4v) is 2.48. The minimum Gasteiger partial charge on any atom is -0.102 e. The molecule has 0 aromatic heterocycles. The Bertz CT molecular complexity index is 187. The molecule has 62 valence electrons. The molecule has 1 heteroatoms. The number of halogens is 1. The van der Waals surface area contributed by atoms with Gasteiger partial charge in [0.1, 0.15) is 0 Å². The van der Waals surface area contributed by atoms with Crippen molar-refractivity contribution in [3.05, 3.63) is 21.8 Å². The van der Waals surface area contributed by atoms with Crippen molar-refractivity contribution < 1.29 is 0 Å². The van der Waals surface area contributed by atoms with Crippen LogP contribution in [0.15, 0.2) is 21.8 Å². The van der Waals surface area contributed by atoms with Gasteiger partial charge in [0, 0.05) is 5.92 Å². The highest BCUT2D eigenvalue weighted by molar-refractivity contribution is 14.1. The van der Waals surface area contributed by atoms with Gasteiger partial charge in [-0.05, 0) is 51.9 Å². The lowest BCUT2D eigenvalue weighted by Crippen LogP contribution is -2.01. The highest BCUT2D eigenvalue weighted by Gasteiger charge is 2.26. The highest BCUT2D eigenvalue weighted by atomic mass is 127. The SMILES string of the molecule is C=C[C@H]1/C(=C(/C)I)CC[C@H]1C. The van der Waals surface area contributed by atoms with Crippen molar-refractivity contribution in [1.82, 2.24) is 0 Å². The van der Waals surface area contributed by atoms with E-state index in [9.17, 15) is 0 Å². The molecule has 1 aliphatic rings. The molecule has 1 saturated carbocycles. The van der Waals surface area contributed by atoms with Gasteiger partial charge in [-0.1, -0.05) is 18.6 Å². The van der Waals surface area contributed by atoms with Gasteiger partial charge in [-0.25, -0.2) is 0 Å². The molecular weight excluding hydrogens is 247 g/mol. The average Bonchev–Trinajstić information content (AvgIpc) is 2.30. The molecule has 0 spiro atoms. The number of allylic oxidation sites excluding steroid dienone is 3. The van der Waals surface area contributed by atoms with Crippen molar-refractivity contribution in [2.45, 2.75) is 26.7 Å². The molecule has 0 aromatic rings. The van der Waals surface area contributed by atoms with Crippen LogP contribution >= 0.6 is 22.6 Å². The fraction of sp³-hybridized carbons (Fsp3) is 0.600. The van der Waals surface area contributed by atoms with E-state index in [4.69, 9.17) is 0 Å². The van der Waals surface area contributed by atoms with Crippen LogP contribution in [0.3, 0.4) is 0 Å². The third kappa shape index (κ3) is 1.86. The van der Waals surface area contributed by atoms with Crippen LogP contribution in [0.25, 0.3) is 0 Å². The van der Waals surface area contributed by atoms with Crippen molar-refractivity contribution in [2.24, 2.45) is 11.8 Å². The van der Waals surface area contributed by atoms with Crippen molar-refractivity contribution in [1.29, 1.82) is 0 Å². The van der Waals surface area contributed by atoms with Gasteiger partial charge in [-0.15, -0.1) is 6.58 Å². The first-order chi connectivity index (χ1) is 5.16. The van der Waals surface area contributed by atoms with Gasteiger partial charge >= 0.3 is 0 Å². The Kier molecular flexibility index (Phi) is 3.16. The van der Waals surface area contributed by atoms with Crippen LogP contribution in [0.4, 0.5) is 0 Å². The standard InChI is InChI=1S/C10H15I/c1-4-9-7(2)5-6-10(9)8(3)11/h4,7,9H,1,5-6H2,2-3H3/b10-8-/t7-,9-/m1/s1. The summed E-state index contributed by atoms with van der Waals surface area (Å²) in [4.78, 5) is 0. The number of rotatable bonds is 1. The van der Waals surface area contributed by atoms with Crippen molar-refractivity contribution in [2.75, 3.05) is 0 Å². The molecule has 0 nitrogen and oxygen atoms in total. The molecule has 0 radical (unpaired) electrons. The third-order valence-electron chi connectivity index (χ3n) is 2.58. The predicted octanol–water partition coefficient (Wildman–Crippen LogP) is 3.93. The summed E-state index contributed by atoms with van der Waals surface area (Å²) in [5.41, 5.74) is 1.62. The molecule has 0 bridgehead atoms. The second-order valence-corrected chi connectivity index (χ2v) is 4.95. The third-order valence-corrected chi connectivity index (χ3v) is 3.27. The molecule has 0 N–H and O–H groups in total. The minimum atomic E-state index is 0.659. The number of hydrogen-bond acceptors (Lipinski definition) is 0. The Hall–Kier alpha value is 0.210. The van der Waals surface area contributed by atoms with Gasteiger partial charge in [-0.3, -0.25) is 0 Å². The van der Waals surface area contributed by atoms with Gasteiger partial charge in [0.15, 0.2) is 0 Å². The molecular formula is C10H15I. The highest BCUT2D eigenvalue weighted by Crippen LogP contribution is 2.39. The topological polar surface area (TPSA) is 0 Å². The van der Waals surface area contributed by atoms with Crippen molar-refractivity contribution in [3.8, 4) is 0 Å². The van der Waals surface area contributed by atoms with Gasteiger partial charge < -0.3 is 0 Å². The summed E-state index contributed by atoms with van der Waals surface area (Å²) in [7, 11) is 0. The Balaban J connectivity index is 2.85. The predicted molar refractivity (Wildman–Crippen MR) is 58.8 cm³/mol. The maximum atomic E-state index is 3.89. The normalized spacial score (nSPS) is 35.5. The average molecular weight is 262 g/mol. The van der Waals surface area contributed by atoms with Gasteiger partial charge in [0.05, 0.1) is 0 Å². The van der Waals surface area contributed by atoms with Crippen LogP contribution in [0.5, 0.6) is 0 Å². The van der Waals surface area contributed by atoms with E-state index in [1.54, 1.807) is 5.57 Å². The van der Waals surface area contributed by atoms with Crippen LogP contribution in [-0.4, -0.2) is 0 Å². The summed E-state index contributed by atoms with van der Waals surface area (Å²) >= 11 is 2.42. The summed E-state index contributed by atoms with van der Waals surface area (Å²) in [6, 6.07) is 0. The van der Waals surface area contributed by atoms with Crippen LogP contribution in [0, 0.1) is 11.8 Å². The summed E-state index contributed by atoms with van der Waals surface area (Å²) < 4.78 is 1.47. The van der Waals surface area contributed by atoms with Gasteiger partial charge in [0.2, 0.25) is 0 Å². The summed E-state index contributed by atoms with van der Waals surface area (Å²) in [5.74, 6) is 1.47. The van der Waals surface area contributed by atoms with E-state index in [0.29, 0.717) is 5.92 Å². The second-order valence-electron chi connectivity index (χ2n) is 3.34. The van der Waals surface area contributed by atoms with Crippen LogP contribution in [-0.2, 0) is 0 Å². The monoisotopic (exact) mass is 262 g/mol. The zero-order valence-electron chi connectivity index (χ0n) is 7.23. The maximum absolute atomic E-state index is 3.89. The molecule has 0 heterocycles. The van der Waals surface area contributed by atoms with E-state index in [2.05, 4.69) is 49.1 Å². The summed E-state index contributed by atoms with van der Waals surface area (Å²) in [6.45, 7) is 8.41. The molecule has 0 unspecified atom stereocenters. The minimum absolute atomic E-state index is 0.659. The van der Waals surface area contributed by atoms with Crippen LogP contribution in [0.2, 0.25) is 0 Å². The smallest absolute Gasteiger partial charge is 0.00100 e. The molecule has 11 heavy (non-hydrogen) atoms. The Morgan fingerprint density at radius 2 is 2.36 bits per heavy atom. The zero-order valence-corrected chi connectivity index (χ0v) is 9.39. The molecule has 0 aromatic carbocycles. The second kappa shape index (κ2) is 3.74. The Morgan fingerprint density at radius 1 is 1.73 bits per heavy atom. The lowest BCUT2D eigenvalue weighted by molar-refractivity contribution is 0.533. The molecule has 0 amide bonds. The van der Waals surface area contributed by atoms with Crippen molar-refractivity contribution in [3.63, 3.8) is 0 Å². The fourth-order valence-electron chi connectivity index (χ4n) is 1.85. The molecule has 0 aliphatic heterocycles. The maximum Gasteiger partial charge on any atom is 0.00100 e. The largest absolute Gasteiger partial charge is 0.102 e. The Morgan fingerprint density at radius 3 is 2.73 bits per heavy atom. The Labute approximate surface area is 82.9 Å². The van der Waals surface area contributed by atoms with Crippen LogP contribution < -0.4 is 0 Å². The first-order valence-corrected chi connectivity index (χ1v) is 5.22. The molecule has 1 aliphatic carbocycles. The van der Waals surface area contributed by atoms with E-state index >= 15 is 0 Å². The van der Waals surface area contributed by atoms with Gasteiger partial charge in [0.25, 0.3) is 0 Å². The molecule has 1 fully saturated rings. The molecule has 2 atom stereocenters. The zero-order chi connectivity index (χ0) is 8.43. The first-order valence-electron chi connectivity index (χ1n) is 4.14. The van der Waals surface area contributed by atoms with E-state index in [-0.39, 0.29) is 0 Å². The first kappa shape index (κ1) is 9.30. The van der Waals surface area contributed by atoms with Crippen molar-refractivity contribution >= 4 is 22.6 Å². The van der Waals surface area contributed by atoms with E-state index in [0.717, 1.165) is 5.92 Å². The molecule has 0 saturated heterocycles. The van der Waals surface area contributed by atoms with Crippen LogP contribution in [0.1, 0.15) is 26.7 Å².